The minimum absolute atomic E-state index is 1.16. The zero-order valence-corrected chi connectivity index (χ0v) is 14.3. The molecule has 5 rings (SSSR count). The molecule has 25 heavy (non-hydrogen) atoms. The smallest absolute Gasteiger partial charge is 0.0615 e. The maximum Gasteiger partial charge on any atom is 0.322 e. The highest BCUT2D eigenvalue weighted by molar-refractivity contribution is 5.45. The Bertz CT molecular complexity index is 1130. The molecule has 0 saturated carbocycles. The van der Waals surface area contributed by atoms with E-state index < -0.39 is 0 Å². The third kappa shape index (κ3) is 1.97. The van der Waals surface area contributed by atoms with E-state index in [0.29, 0.717) is 0 Å². The highest BCUT2D eigenvalue weighted by Crippen LogP contribution is 2.10. The number of aromatic nitrogens is 4. The largest absolute Gasteiger partial charge is 0.322 e. The maximum atomic E-state index is 2.24. The second-order valence-corrected chi connectivity index (χ2v) is 6.48. The first-order valence-electron chi connectivity index (χ1n) is 8.49. The van der Waals surface area contributed by atoms with E-state index in [0.717, 1.165) is 11.0 Å². The van der Waals surface area contributed by atoms with E-state index in [1.54, 1.807) is 0 Å². The highest BCUT2D eigenvalue weighted by Gasteiger charge is 2.38. The Hall–Kier alpha value is -3.27. The standard InChI is InChI=1S/C21H19N4/c1-16-8-3-5-12-20(16)22-14-18-10-7-11-19-15-23(25(22)24(18)19)21-13-6-4-9-17(21)2/h3-15H,1-2H3/q+3. The van der Waals surface area contributed by atoms with Crippen molar-refractivity contribution in [1.82, 2.24) is 4.74 Å². The topological polar surface area (TPSA) is 16.3 Å². The molecular weight excluding hydrogens is 308 g/mol. The molecular formula is C21H19N4+3. The van der Waals surface area contributed by atoms with Gasteiger partial charge in [-0.15, -0.1) is 0 Å². The molecule has 120 valence electrons. The van der Waals surface area contributed by atoms with E-state index in [1.165, 1.54) is 22.5 Å². The number of benzene rings is 2. The number of pyridine rings is 1. The van der Waals surface area contributed by atoms with Crippen molar-refractivity contribution in [2.24, 2.45) is 0 Å². The van der Waals surface area contributed by atoms with E-state index in [-0.39, 0.29) is 0 Å². The lowest BCUT2D eigenvalue weighted by molar-refractivity contribution is -0.949. The van der Waals surface area contributed by atoms with Crippen LogP contribution in [0, 0.1) is 13.8 Å². The van der Waals surface area contributed by atoms with E-state index in [4.69, 9.17) is 0 Å². The molecule has 3 aromatic heterocycles. The van der Waals surface area contributed by atoms with Crippen LogP contribution < -0.4 is 13.9 Å². The molecule has 3 heterocycles. The second kappa shape index (κ2) is 5.11. The first kappa shape index (κ1) is 14.1. The Balaban J connectivity index is 1.95. The summed E-state index contributed by atoms with van der Waals surface area (Å²) < 4.78 is 8.85. The number of para-hydroxylation sites is 2. The fraction of sp³-hybridized carbons (Fsp3) is 0.0952. The van der Waals surface area contributed by atoms with Crippen molar-refractivity contribution in [1.29, 1.82) is 0 Å². The molecule has 0 aliphatic heterocycles. The van der Waals surface area contributed by atoms with Crippen molar-refractivity contribution >= 4 is 11.0 Å². The van der Waals surface area contributed by atoms with Crippen LogP contribution in [0.2, 0.25) is 0 Å². The predicted molar refractivity (Wildman–Crippen MR) is 94.3 cm³/mol. The lowest BCUT2D eigenvalue weighted by atomic mass is 10.2. The summed E-state index contributed by atoms with van der Waals surface area (Å²) in [5.41, 5.74) is 7.15. The van der Waals surface area contributed by atoms with Crippen molar-refractivity contribution in [3.63, 3.8) is 0 Å². The van der Waals surface area contributed by atoms with Crippen molar-refractivity contribution in [2.75, 3.05) is 0 Å². The third-order valence-electron chi connectivity index (χ3n) is 4.82. The normalized spacial score (nSPS) is 11.6. The molecule has 0 unspecified atom stereocenters. The fourth-order valence-electron chi connectivity index (χ4n) is 3.56. The average Bonchev–Trinajstić information content (AvgIpc) is 3.19. The summed E-state index contributed by atoms with van der Waals surface area (Å²) in [7, 11) is 0. The summed E-state index contributed by atoms with van der Waals surface area (Å²) >= 11 is 0. The monoisotopic (exact) mass is 327 g/mol. The van der Waals surface area contributed by atoms with Gasteiger partial charge in [-0.1, -0.05) is 36.4 Å². The molecule has 5 aromatic rings. The van der Waals surface area contributed by atoms with Crippen LogP contribution in [0.4, 0.5) is 0 Å². The summed E-state index contributed by atoms with van der Waals surface area (Å²) in [6.07, 6.45) is 4.37. The summed E-state index contributed by atoms with van der Waals surface area (Å²) in [6, 6.07) is 23.3. The molecule has 0 atom stereocenters. The summed E-state index contributed by atoms with van der Waals surface area (Å²) in [5, 5.41) is 0. The Kier molecular flexibility index (Phi) is 2.88. The molecule has 0 aliphatic rings. The van der Waals surface area contributed by atoms with Gasteiger partial charge in [0.15, 0.2) is 0 Å². The van der Waals surface area contributed by atoms with Gasteiger partial charge >= 0.3 is 15.8 Å². The summed E-state index contributed by atoms with van der Waals surface area (Å²) in [6.45, 7) is 4.30. The Morgan fingerprint density at radius 2 is 1.08 bits per heavy atom. The SMILES string of the molecule is Cc1ccccc1-[n+]1cc2cccc3c[n+](-c4ccccc4C)n1[n+]23. The van der Waals surface area contributed by atoms with Gasteiger partial charge in [-0.05, 0) is 19.9 Å². The van der Waals surface area contributed by atoms with Gasteiger partial charge in [0.25, 0.3) is 23.8 Å². The average molecular weight is 327 g/mol. The molecule has 0 saturated heterocycles. The van der Waals surface area contributed by atoms with Gasteiger partial charge in [0, 0.05) is 44.8 Å². The van der Waals surface area contributed by atoms with Crippen LogP contribution >= 0.6 is 0 Å². The van der Waals surface area contributed by atoms with E-state index in [9.17, 15) is 0 Å². The summed E-state index contributed by atoms with van der Waals surface area (Å²) in [4.78, 5) is 0. The van der Waals surface area contributed by atoms with Gasteiger partial charge in [0.1, 0.15) is 0 Å². The zero-order valence-electron chi connectivity index (χ0n) is 14.3. The maximum absolute atomic E-state index is 2.24. The van der Waals surface area contributed by atoms with Gasteiger partial charge < -0.3 is 0 Å². The van der Waals surface area contributed by atoms with E-state index in [2.05, 4.69) is 112 Å². The lowest BCUT2D eigenvalue weighted by Gasteiger charge is -1.95. The van der Waals surface area contributed by atoms with Crippen LogP contribution in [0.25, 0.3) is 22.4 Å². The van der Waals surface area contributed by atoms with Crippen LogP contribution in [0.15, 0.2) is 79.1 Å². The quantitative estimate of drug-likeness (QED) is 0.442. The van der Waals surface area contributed by atoms with Crippen molar-refractivity contribution in [3.8, 4) is 11.4 Å². The molecule has 0 bridgehead atoms. The molecule has 2 aromatic carbocycles. The van der Waals surface area contributed by atoms with Crippen LogP contribution in [0.3, 0.4) is 0 Å². The minimum Gasteiger partial charge on any atom is -0.0615 e. The first-order chi connectivity index (χ1) is 12.2. The molecule has 0 aliphatic carbocycles. The van der Waals surface area contributed by atoms with Crippen LogP contribution in [0.1, 0.15) is 11.1 Å². The van der Waals surface area contributed by atoms with E-state index >= 15 is 0 Å². The number of hydrogen-bond acceptors (Lipinski definition) is 0. The van der Waals surface area contributed by atoms with Crippen molar-refractivity contribution < 1.29 is 13.9 Å². The van der Waals surface area contributed by atoms with Gasteiger partial charge in [-0.25, -0.2) is 0 Å². The second-order valence-electron chi connectivity index (χ2n) is 6.48. The Labute approximate surface area is 145 Å². The lowest BCUT2D eigenvalue weighted by Crippen LogP contribution is -2.57. The van der Waals surface area contributed by atoms with Crippen LogP contribution in [-0.2, 0) is 0 Å². The zero-order chi connectivity index (χ0) is 17.0. The Morgan fingerprint density at radius 3 is 1.56 bits per heavy atom. The molecule has 0 amide bonds. The molecule has 4 nitrogen and oxygen atoms in total. The number of rotatable bonds is 2. The first-order valence-corrected chi connectivity index (χ1v) is 8.49. The molecule has 0 fully saturated rings. The van der Waals surface area contributed by atoms with Gasteiger partial charge in [-0.3, -0.25) is 0 Å². The van der Waals surface area contributed by atoms with E-state index in [1.807, 2.05) is 0 Å². The van der Waals surface area contributed by atoms with Gasteiger partial charge in [-0.2, -0.15) is 0 Å². The molecule has 0 N–H and O–H groups in total. The van der Waals surface area contributed by atoms with Gasteiger partial charge in [0.05, 0.1) is 4.52 Å². The number of nitrogens with zero attached hydrogens (tertiary/aromatic N) is 4. The summed E-state index contributed by atoms with van der Waals surface area (Å²) in [5.74, 6) is 0. The highest BCUT2D eigenvalue weighted by atomic mass is 15.7. The van der Waals surface area contributed by atoms with Crippen LogP contribution in [-0.4, -0.2) is 4.74 Å². The molecule has 4 heteroatoms. The fourth-order valence-corrected chi connectivity index (χ4v) is 3.56. The molecule has 0 radical (unpaired) electrons. The van der Waals surface area contributed by atoms with Gasteiger partial charge in [0.2, 0.25) is 0 Å². The minimum atomic E-state index is 1.16. The predicted octanol–water partition coefficient (Wildman–Crippen LogP) is 2.29. The molecule has 0 spiro atoms. The number of hydrogen-bond donors (Lipinski definition) is 0. The number of aryl methyl sites for hydroxylation is 2. The van der Waals surface area contributed by atoms with Crippen molar-refractivity contribution in [2.45, 2.75) is 13.8 Å². The third-order valence-corrected chi connectivity index (χ3v) is 4.82. The Morgan fingerprint density at radius 1 is 0.600 bits per heavy atom. The van der Waals surface area contributed by atoms with Crippen molar-refractivity contribution in [3.05, 3.63) is 90.3 Å². The van der Waals surface area contributed by atoms with Crippen LogP contribution in [0.5, 0.6) is 0 Å².